The summed E-state index contributed by atoms with van der Waals surface area (Å²) >= 11 is 0. The molecule has 1 aliphatic heterocycles. The third kappa shape index (κ3) is 3.53. The molecule has 114 valence electrons. The number of hydrogen-bond donors (Lipinski definition) is 1. The van der Waals surface area contributed by atoms with Gasteiger partial charge in [0.05, 0.1) is 0 Å². The Bertz CT molecular complexity index is 356. The van der Waals surface area contributed by atoms with Crippen LogP contribution in [0.15, 0.2) is 0 Å². The van der Waals surface area contributed by atoms with Crippen LogP contribution in [0, 0.1) is 5.92 Å². The van der Waals surface area contributed by atoms with Crippen molar-refractivity contribution in [3.8, 4) is 0 Å². The molecule has 1 aliphatic carbocycles. The van der Waals surface area contributed by atoms with Gasteiger partial charge in [-0.1, -0.05) is 39.5 Å². The first-order valence-corrected chi connectivity index (χ1v) is 8.25. The van der Waals surface area contributed by atoms with E-state index in [2.05, 4.69) is 19.2 Å². The van der Waals surface area contributed by atoms with Gasteiger partial charge < -0.3 is 10.2 Å². The molecule has 20 heavy (non-hydrogen) atoms. The van der Waals surface area contributed by atoms with E-state index < -0.39 is 0 Å². The largest absolute Gasteiger partial charge is 0.344 e. The Labute approximate surface area is 122 Å². The summed E-state index contributed by atoms with van der Waals surface area (Å²) < 4.78 is 0. The first-order chi connectivity index (χ1) is 9.65. The lowest BCUT2D eigenvalue weighted by molar-refractivity contribution is -0.136. The second-order valence-electron chi connectivity index (χ2n) is 6.29. The summed E-state index contributed by atoms with van der Waals surface area (Å²) in [5.41, 5.74) is 0. The third-order valence-corrected chi connectivity index (χ3v) is 4.85. The van der Waals surface area contributed by atoms with E-state index in [4.69, 9.17) is 0 Å². The SMILES string of the molecule is CCCC1NC(=O)CCN(C2CCCC(CC)C2)C1=O. The van der Waals surface area contributed by atoms with Crippen LogP contribution in [0.4, 0.5) is 0 Å². The highest BCUT2D eigenvalue weighted by Gasteiger charge is 2.35. The molecule has 1 heterocycles. The lowest BCUT2D eigenvalue weighted by Crippen LogP contribution is -2.49. The summed E-state index contributed by atoms with van der Waals surface area (Å²) in [6.45, 7) is 4.90. The summed E-state index contributed by atoms with van der Waals surface area (Å²) in [6.07, 6.45) is 8.08. The Hall–Kier alpha value is -1.06. The van der Waals surface area contributed by atoms with Crippen LogP contribution in [0.5, 0.6) is 0 Å². The first kappa shape index (κ1) is 15.3. The van der Waals surface area contributed by atoms with Crippen molar-refractivity contribution < 1.29 is 9.59 Å². The number of hydrogen-bond acceptors (Lipinski definition) is 2. The zero-order valence-electron chi connectivity index (χ0n) is 12.9. The zero-order valence-corrected chi connectivity index (χ0v) is 12.9. The molecular weight excluding hydrogens is 252 g/mol. The highest BCUT2D eigenvalue weighted by atomic mass is 16.2. The van der Waals surface area contributed by atoms with Crippen molar-refractivity contribution in [3.63, 3.8) is 0 Å². The third-order valence-electron chi connectivity index (χ3n) is 4.85. The van der Waals surface area contributed by atoms with Crippen molar-refractivity contribution in [1.29, 1.82) is 0 Å². The van der Waals surface area contributed by atoms with E-state index in [1.54, 1.807) is 0 Å². The number of amides is 2. The fraction of sp³-hybridized carbons (Fsp3) is 0.875. The number of carbonyl (C=O) groups is 2. The minimum absolute atomic E-state index is 0.0298. The molecule has 0 aromatic heterocycles. The summed E-state index contributed by atoms with van der Waals surface area (Å²) in [4.78, 5) is 26.5. The van der Waals surface area contributed by atoms with Crippen LogP contribution in [0.3, 0.4) is 0 Å². The fourth-order valence-corrected chi connectivity index (χ4v) is 3.62. The molecule has 0 aromatic carbocycles. The topological polar surface area (TPSA) is 49.4 Å². The van der Waals surface area contributed by atoms with Gasteiger partial charge in [-0.2, -0.15) is 0 Å². The number of nitrogens with one attached hydrogen (secondary N) is 1. The van der Waals surface area contributed by atoms with Crippen molar-refractivity contribution in [2.24, 2.45) is 5.92 Å². The van der Waals surface area contributed by atoms with Gasteiger partial charge in [0, 0.05) is 19.0 Å². The highest BCUT2D eigenvalue weighted by Crippen LogP contribution is 2.30. The average molecular weight is 280 g/mol. The predicted octanol–water partition coefficient (Wildman–Crippen LogP) is 2.47. The molecule has 1 N–H and O–H groups in total. The maximum absolute atomic E-state index is 12.7. The summed E-state index contributed by atoms with van der Waals surface area (Å²) in [5, 5.41) is 2.89. The minimum Gasteiger partial charge on any atom is -0.344 e. The normalized spacial score (nSPS) is 31.9. The van der Waals surface area contributed by atoms with Crippen molar-refractivity contribution >= 4 is 11.8 Å². The van der Waals surface area contributed by atoms with Gasteiger partial charge >= 0.3 is 0 Å². The Morgan fingerprint density at radius 1 is 1.25 bits per heavy atom. The summed E-state index contributed by atoms with van der Waals surface area (Å²) in [6, 6.07) is 0.0604. The molecule has 4 heteroatoms. The molecule has 4 nitrogen and oxygen atoms in total. The van der Waals surface area contributed by atoms with E-state index in [0.29, 0.717) is 19.0 Å². The molecule has 0 spiro atoms. The highest BCUT2D eigenvalue weighted by molar-refractivity contribution is 5.90. The Kier molecular flexibility index (Phi) is 5.44. The van der Waals surface area contributed by atoms with E-state index in [-0.39, 0.29) is 17.9 Å². The smallest absolute Gasteiger partial charge is 0.245 e. The van der Waals surface area contributed by atoms with Crippen molar-refractivity contribution in [2.75, 3.05) is 6.54 Å². The maximum atomic E-state index is 12.7. The van der Waals surface area contributed by atoms with Crippen molar-refractivity contribution in [1.82, 2.24) is 10.2 Å². The lowest BCUT2D eigenvalue weighted by atomic mass is 9.83. The molecule has 0 radical (unpaired) electrons. The van der Waals surface area contributed by atoms with Gasteiger partial charge in [-0.25, -0.2) is 0 Å². The maximum Gasteiger partial charge on any atom is 0.245 e. The zero-order chi connectivity index (χ0) is 14.5. The van der Waals surface area contributed by atoms with Gasteiger partial charge in [0.2, 0.25) is 11.8 Å². The predicted molar refractivity (Wildman–Crippen MR) is 79.2 cm³/mol. The van der Waals surface area contributed by atoms with Gasteiger partial charge in [-0.15, -0.1) is 0 Å². The fourth-order valence-electron chi connectivity index (χ4n) is 3.62. The second kappa shape index (κ2) is 7.09. The molecule has 3 unspecified atom stereocenters. The molecule has 0 aromatic rings. The van der Waals surface area contributed by atoms with Crippen molar-refractivity contribution in [3.05, 3.63) is 0 Å². The first-order valence-electron chi connectivity index (χ1n) is 8.25. The quantitative estimate of drug-likeness (QED) is 0.860. The number of carbonyl (C=O) groups excluding carboxylic acids is 2. The summed E-state index contributed by atoms with van der Waals surface area (Å²) in [5.74, 6) is 0.930. The second-order valence-corrected chi connectivity index (χ2v) is 6.29. The van der Waals surface area contributed by atoms with Gasteiger partial charge in [0.15, 0.2) is 0 Å². The number of nitrogens with zero attached hydrogens (tertiary/aromatic N) is 1. The molecule has 2 aliphatic rings. The average Bonchev–Trinajstić information content (AvgIpc) is 2.59. The molecule has 2 fully saturated rings. The molecule has 3 atom stereocenters. The molecule has 2 amide bonds. The molecule has 2 rings (SSSR count). The van der Waals surface area contributed by atoms with Crippen LogP contribution in [0.25, 0.3) is 0 Å². The van der Waals surface area contributed by atoms with Gasteiger partial charge in [0.25, 0.3) is 0 Å². The van der Waals surface area contributed by atoms with Gasteiger partial charge in [-0.05, 0) is 25.2 Å². The van der Waals surface area contributed by atoms with Crippen LogP contribution in [0.1, 0.15) is 65.2 Å². The van der Waals surface area contributed by atoms with E-state index >= 15 is 0 Å². The molecular formula is C16H28N2O2. The van der Waals surface area contributed by atoms with Gasteiger partial charge in [0.1, 0.15) is 6.04 Å². The van der Waals surface area contributed by atoms with Crippen LogP contribution in [0.2, 0.25) is 0 Å². The van der Waals surface area contributed by atoms with Crippen LogP contribution in [-0.2, 0) is 9.59 Å². The molecule has 1 saturated carbocycles. The van der Waals surface area contributed by atoms with Crippen LogP contribution >= 0.6 is 0 Å². The van der Waals surface area contributed by atoms with E-state index in [9.17, 15) is 9.59 Å². The Balaban J connectivity index is 2.07. The van der Waals surface area contributed by atoms with Crippen molar-refractivity contribution in [2.45, 2.75) is 77.3 Å². The van der Waals surface area contributed by atoms with Crippen LogP contribution < -0.4 is 5.32 Å². The van der Waals surface area contributed by atoms with E-state index in [0.717, 1.165) is 31.6 Å². The van der Waals surface area contributed by atoms with Crippen LogP contribution in [-0.4, -0.2) is 35.3 Å². The number of rotatable bonds is 4. The summed E-state index contributed by atoms with van der Waals surface area (Å²) in [7, 11) is 0. The Morgan fingerprint density at radius 3 is 2.75 bits per heavy atom. The van der Waals surface area contributed by atoms with Gasteiger partial charge in [-0.3, -0.25) is 9.59 Å². The van der Waals surface area contributed by atoms with E-state index in [1.165, 1.54) is 19.3 Å². The monoisotopic (exact) mass is 280 g/mol. The molecule has 0 bridgehead atoms. The Morgan fingerprint density at radius 2 is 2.05 bits per heavy atom. The minimum atomic E-state index is -0.294. The standard InChI is InChI=1S/C16H28N2O2/c1-3-6-14-16(20)18(10-9-15(19)17-14)13-8-5-7-12(4-2)11-13/h12-14H,3-11H2,1-2H3,(H,17,19). The molecule has 1 saturated heterocycles. The van der Waals surface area contributed by atoms with E-state index in [1.807, 2.05) is 4.90 Å². The lowest BCUT2D eigenvalue weighted by Gasteiger charge is -2.37.